The van der Waals surface area contributed by atoms with Gasteiger partial charge in [0, 0.05) is 34.5 Å². The number of aromatic nitrogens is 4. The molecule has 0 atom stereocenters. The first-order chi connectivity index (χ1) is 21.2. The quantitative estimate of drug-likeness (QED) is 0.134. The number of para-hydroxylation sites is 1. The molecule has 45 heavy (non-hydrogen) atoms. The zero-order chi connectivity index (χ0) is 30.6. The van der Waals surface area contributed by atoms with Gasteiger partial charge in [0.05, 0.1) is 5.69 Å². The van der Waals surface area contributed by atoms with Gasteiger partial charge in [0.25, 0.3) is 0 Å². The standard InChI is InChI=1S/C39H34N4O.Pd/c1-25-20-21-40-37(22-25)42-35-13-8-7-12-33(35)34-19-18-32(24-36(34)42)44-31-11-9-10-30(23-31)43-27(3)38(26(2)41-43)28-14-16-29(17-15-28)39(4,5)6;/h7-22H,1-6H3;/q-2;+2. The Bertz CT molecular complexity index is 2170. The van der Waals surface area contributed by atoms with Crippen LogP contribution in [0.4, 0.5) is 0 Å². The normalized spacial score (nSPS) is 11.6. The molecular formula is C39H34N4OPd. The molecule has 5 nitrogen and oxygen atoms in total. The molecule has 0 N–H and O–H groups in total. The molecule has 6 heteroatoms. The van der Waals surface area contributed by atoms with Crippen molar-refractivity contribution in [3.8, 4) is 34.1 Å². The Hall–Kier alpha value is -4.50. The number of aryl methyl sites for hydroxylation is 2. The van der Waals surface area contributed by atoms with Crippen LogP contribution < -0.4 is 4.74 Å². The number of hydrogen-bond donors (Lipinski definition) is 0. The summed E-state index contributed by atoms with van der Waals surface area (Å²) in [5.41, 5.74) is 9.72. The summed E-state index contributed by atoms with van der Waals surface area (Å²) in [6, 6.07) is 38.2. The predicted molar refractivity (Wildman–Crippen MR) is 178 cm³/mol. The molecule has 226 valence electrons. The molecule has 7 aromatic rings. The van der Waals surface area contributed by atoms with Crippen molar-refractivity contribution in [2.24, 2.45) is 0 Å². The fraction of sp³-hybridized carbons (Fsp3) is 0.179. The monoisotopic (exact) mass is 680 g/mol. The van der Waals surface area contributed by atoms with E-state index in [9.17, 15) is 0 Å². The maximum atomic E-state index is 6.38. The van der Waals surface area contributed by atoms with Gasteiger partial charge >= 0.3 is 20.4 Å². The van der Waals surface area contributed by atoms with Crippen LogP contribution in [-0.4, -0.2) is 19.3 Å². The number of nitrogens with zero attached hydrogens (tertiary/aromatic N) is 4. The van der Waals surface area contributed by atoms with Crippen LogP contribution in [0, 0.1) is 32.9 Å². The van der Waals surface area contributed by atoms with Crippen molar-refractivity contribution in [1.82, 2.24) is 19.3 Å². The molecule has 0 radical (unpaired) electrons. The van der Waals surface area contributed by atoms with E-state index < -0.39 is 0 Å². The molecule has 3 heterocycles. The van der Waals surface area contributed by atoms with E-state index in [0.29, 0.717) is 11.5 Å². The van der Waals surface area contributed by atoms with Gasteiger partial charge in [-0.2, -0.15) is 17.2 Å². The molecule has 0 bridgehead atoms. The van der Waals surface area contributed by atoms with E-state index in [0.717, 1.165) is 61.4 Å². The van der Waals surface area contributed by atoms with E-state index in [1.54, 1.807) is 0 Å². The second-order valence-corrected chi connectivity index (χ2v) is 12.4. The van der Waals surface area contributed by atoms with Gasteiger partial charge in [-0.05, 0) is 72.1 Å². The minimum Gasteiger partial charge on any atom is -0.509 e. The third-order valence-electron chi connectivity index (χ3n) is 8.22. The molecule has 0 aliphatic heterocycles. The van der Waals surface area contributed by atoms with Gasteiger partial charge in [-0.15, -0.1) is 35.7 Å². The average molecular weight is 681 g/mol. The number of ether oxygens (including phenoxy) is 1. The van der Waals surface area contributed by atoms with Gasteiger partial charge < -0.3 is 9.30 Å². The van der Waals surface area contributed by atoms with Crippen molar-refractivity contribution in [3.63, 3.8) is 0 Å². The summed E-state index contributed by atoms with van der Waals surface area (Å²) in [4.78, 5) is 4.68. The smallest absolute Gasteiger partial charge is 0.509 e. The van der Waals surface area contributed by atoms with Gasteiger partial charge in [0.1, 0.15) is 5.82 Å². The largest absolute Gasteiger partial charge is 2.00 e. The Morgan fingerprint density at radius 1 is 0.756 bits per heavy atom. The maximum Gasteiger partial charge on any atom is 2.00 e. The van der Waals surface area contributed by atoms with Crippen LogP contribution >= 0.6 is 0 Å². The maximum absolute atomic E-state index is 6.38. The Kier molecular flexibility index (Phi) is 7.99. The third kappa shape index (κ3) is 5.61. The van der Waals surface area contributed by atoms with Gasteiger partial charge in [0.2, 0.25) is 0 Å². The van der Waals surface area contributed by atoms with Crippen LogP contribution in [0.2, 0.25) is 0 Å². The van der Waals surface area contributed by atoms with E-state index in [2.05, 4.69) is 124 Å². The third-order valence-corrected chi connectivity index (χ3v) is 8.22. The van der Waals surface area contributed by atoms with Crippen LogP contribution in [0.3, 0.4) is 0 Å². The van der Waals surface area contributed by atoms with Crippen LogP contribution in [0.1, 0.15) is 43.3 Å². The van der Waals surface area contributed by atoms with Gasteiger partial charge in [-0.25, -0.2) is 4.98 Å². The summed E-state index contributed by atoms with van der Waals surface area (Å²) in [5.74, 6) is 2.06. The zero-order valence-electron chi connectivity index (χ0n) is 26.3. The summed E-state index contributed by atoms with van der Waals surface area (Å²) >= 11 is 0. The summed E-state index contributed by atoms with van der Waals surface area (Å²) in [6.07, 6.45) is 1.84. The molecule has 0 aliphatic carbocycles. The fourth-order valence-corrected chi connectivity index (χ4v) is 5.98. The number of hydrogen-bond acceptors (Lipinski definition) is 3. The number of benzene rings is 4. The first kappa shape index (κ1) is 30.5. The van der Waals surface area contributed by atoms with E-state index >= 15 is 0 Å². The molecule has 4 aromatic carbocycles. The first-order valence-corrected chi connectivity index (χ1v) is 14.9. The molecule has 0 amide bonds. The van der Waals surface area contributed by atoms with E-state index in [-0.39, 0.29) is 25.8 Å². The second-order valence-electron chi connectivity index (χ2n) is 12.4. The second kappa shape index (κ2) is 11.8. The first-order valence-electron chi connectivity index (χ1n) is 14.9. The van der Waals surface area contributed by atoms with Crippen LogP contribution in [0.15, 0.2) is 97.2 Å². The summed E-state index contributed by atoms with van der Waals surface area (Å²) < 4.78 is 10.5. The van der Waals surface area contributed by atoms with E-state index in [1.807, 2.05) is 41.2 Å². The van der Waals surface area contributed by atoms with Gasteiger partial charge in [-0.3, -0.25) is 4.68 Å². The fourth-order valence-electron chi connectivity index (χ4n) is 5.98. The van der Waals surface area contributed by atoms with Crippen molar-refractivity contribution in [2.45, 2.75) is 47.0 Å². The molecule has 0 saturated heterocycles. The van der Waals surface area contributed by atoms with Crippen LogP contribution in [-0.2, 0) is 25.8 Å². The van der Waals surface area contributed by atoms with Crippen molar-refractivity contribution in [1.29, 1.82) is 0 Å². The minimum absolute atomic E-state index is 0. The molecule has 0 saturated carbocycles. The van der Waals surface area contributed by atoms with Crippen LogP contribution in [0.25, 0.3) is 44.4 Å². The molecule has 0 fully saturated rings. The van der Waals surface area contributed by atoms with E-state index in [4.69, 9.17) is 9.84 Å². The van der Waals surface area contributed by atoms with Gasteiger partial charge in [0.15, 0.2) is 0 Å². The van der Waals surface area contributed by atoms with Gasteiger partial charge in [-0.1, -0.05) is 68.8 Å². The van der Waals surface area contributed by atoms with Crippen LogP contribution in [0.5, 0.6) is 11.5 Å². The predicted octanol–water partition coefficient (Wildman–Crippen LogP) is 9.64. The molecule has 0 spiro atoms. The SMILES string of the molecule is Cc1ccnc(-n2c3[c-]c(Oc4[c-]c(-n5nc(C)c(-c6ccc(C(C)(C)C)cc6)c5C)ccc4)ccc3c3ccccc32)c1.[Pd+2]. The Labute approximate surface area is 278 Å². The summed E-state index contributed by atoms with van der Waals surface area (Å²) in [6.45, 7) is 12.9. The molecule has 0 aliphatic rings. The Morgan fingerprint density at radius 2 is 1.51 bits per heavy atom. The van der Waals surface area contributed by atoms with Crippen molar-refractivity contribution < 1.29 is 25.2 Å². The number of pyridine rings is 1. The number of fused-ring (bicyclic) bond motifs is 3. The van der Waals surface area contributed by atoms with Crippen molar-refractivity contribution >= 4 is 21.8 Å². The molecule has 7 rings (SSSR count). The Balaban J connectivity index is 0.00000357. The summed E-state index contributed by atoms with van der Waals surface area (Å²) in [5, 5.41) is 7.15. The van der Waals surface area contributed by atoms with Crippen molar-refractivity contribution in [2.75, 3.05) is 0 Å². The molecular weight excluding hydrogens is 647 g/mol. The van der Waals surface area contributed by atoms with Crippen molar-refractivity contribution in [3.05, 3.63) is 132 Å². The minimum atomic E-state index is 0. The Morgan fingerprint density at radius 3 is 2.27 bits per heavy atom. The van der Waals surface area contributed by atoms with E-state index in [1.165, 1.54) is 5.56 Å². The summed E-state index contributed by atoms with van der Waals surface area (Å²) in [7, 11) is 0. The zero-order valence-corrected chi connectivity index (χ0v) is 27.8. The molecule has 0 unspecified atom stereocenters. The number of rotatable bonds is 5. The average Bonchev–Trinajstić information content (AvgIpc) is 3.49. The molecule has 3 aromatic heterocycles. The topological polar surface area (TPSA) is 44.9 Å².